The van der Waals surface area contributed by atoms with Gasteiger partial charge in [-0.15, -0.1) is 5.10 Å². The third-order valence-corrected chi connectivity index (χ3v) is 6.52. The first kappa shape index (κ1) is 22.1. The van der Waals surface area contributed by atoms with Crippen molar-refractivity contribution in [3.63, 3.8) is 0 Å². The predicted octanol–water partition coefficient (Wildman–Crippen LogP) is 1.20. The number of amides is 1. The standard InChI is InChI=1S/C23H23FN8O2/c1-15-19(4-5-21(24)20(15)9-25)22-12-30-6-7-31(11-18(30)13-34-22)23(33)8-16-2-3-17(10-26-16)32-14-27-28-29-32/h2-5,10,14,18,22H,6-8,11-13H2,1H3/t18-,22-/m1/s1. The van der Waals surface area contributed by atoms with Crippen molar-refractivity contribution in [2.45, 2.75) is 25.5 Å². The zero-order valence-electron chi connectivity index (χ0n) is 18.6. The molecular formula is C23H23FN8O2. The number of morpholine rings is 1. The van der Waals surface area contributed by atoms with Crippen LogP contribution in [-0.4, -0.2) is 79.7 Å². The SMILES string of the molecule is Cc1c([C@H]2CN3CCN(C(=O)Cc4ccc(-n5cnnn5)cn4)C[C@@H]3CO2)ccc(F)c1C#N. The molecule has 2 atom stereocenters. The molecule has 0 aliphatic carbocycles. The van der Waals surface area contributed by atoms with E-state index >= 15 is 0 Å². The molecule has 0 spiro atoms. The highest BCUT2D eigenvalue weighted by atomic mass is 19.1. The second kappa shape index (κ2) is 9.24. The number of fused-ring (bicyclic) bond motifs is 1. The summed E-state index contributed by atoms with van der Waals surface area (Å²) in [7, 11) is 0. The molecule has 11 heteroatoms. The van der Waals surface area contributed by atoms with E-state index in [1.54, 1.807) is 25.3 Å². The summed E-state index contributed by atoms with van der Waals surface area (Å²) in [5.74, 6) is -0.485. The Bertz CT molecular complexity index is 1230. The number of tetrazole rings is 1. The zero-order chi connectivity index (χ0) is 23.7. The van der Waals surface area contributed by atoms with Gasteiger partial charge in [0.2, 0.25) is 5.91 Å². The molecule has 2 fully saturated rings. The summed E-state index contributed by atoms with van der Waals surface area (Å²) in [6.45, 7) is 4.80. The van der Waals surface area contributed by atoms with Gasteiger partial charge < -0.3 is 9.64 Å². The lowest BCUT2D eigenvalue weighted by atomic mass is 9.96. The minimum absolute atomic E-state index is 0.0255. The first-order valence-corrected chi connectivity index (χ1v) is 11.0. The lowest BCUT2D eigenvalue weighted by Gasteiger charge is -2.46. The van der Waals surface area contributed by atoms with Crippen molar-refractivity contribution in [1.82, 2.24) is 35.0 Å². The second-order valence-electron chi connectivity index (χ2n) is 8.50. The third kappa shape index (κ3) is 4.25. The summed E-state index contributed by atoms with van der Waals surface area (Å²) in [6, 6.07) is 8.71. The first-order chi connectivity index (χ1) is 16.5. The van der Waals surface area contributed by atoms with Gasteiger partial charge >= 0.3 is 0 Å². The van der Waals surface area contributed by atoms with Crippen LogP contribution in [0.1, 0.15) is 28.5 Å². The number of ether oxygens (including phenoxy) is 1. The summed E-state index contributed by atoms with van der Waals surface area (Å²) in [4.78, 5) is 21.5. The quantitative estimate of drug-likeness (QED) is 0.569. The van der Waals surface area contributed by atoms with Crippen LogP contribution in [0.2, 0.25) is 0 Å². The van der Waals surface area contributed by atoms with Crippen molar-refractivity contribution < 1.29 is 13.9 Å². The highest BCUT2D eigenvalue weighted by molar-refractivity contribution is 5.78. The van der Waals surface area contributed by atoms with Crippen LogP contribution in [0.3, 0.4) is 0 Å². The van der Waals surface area contributed by atoms with Crippen molar-refractivity contribution in [3.8, 4) is 11.8 Å². The molecule has 34 heavy (non-hydrogen) atoms. The van der Waals surface area contributed by atoms with Crippen molar-refractivity contribution in [2.24, 2.45) is 0 Å². The number of rotatable bonds is 4. The van der Waals surface area contributed by atoms with Gasteiger partial charge in [0.15, 0.2) is 0 Å². The van der Waals surface area contributed by atoms with E-state index in [9.17, 15) is 14.4 Å². The van der Waals surface area contributed by atoms with E-state index in [-0.39, 0.29) is 30.0 Å². The molecule has 0 unspecified atom stereocenters. The maximum absolute atomic E-state index is 13.9. The van der Waals surface area contributed by atoms with Crippen molar-refractivity contribution in [1.29, 1.82) is 5.26 Å². The Kier molecular flexibility index (Phi) is 6.00. The smallest absolute Gasteiger partial charge is 0.228 e. The van der Waals surface area contributed by atoms with Crippen LogP contribution in [0.4, 0.5) is 4.39 Å². The van der Waals surface area contributed by atoms with Gasteiger partial charge in [-0.05, 0) is 46.7 Å². The molecule has 2 saturated heterocycles. The molecule has 4 heterocycles. The number of carbonyl (C=O) groups is 1. The highest BCUT2D eigenvalue weighted by Gasteiger charge is 2.36. The van der Waals surface area contributed by atoms with Crippen LogP contribution in [-0.2, 0) is 16.0 Å². The monoisotopic (exact) mass is 462 g/mol. The molecule has 0 N–H and O–H groups in total. The van der Waals surface area contributed by atoms with Crippen molar-refractivity contribution >= 4 is 5.91 Å². The molecular weight excluding hydrogens is 439 g/mol. The molecule has 1 amide bonds. The van der Waals surface area contributed by atoms with Crippen molar-refractivity contribution in [3.05, 3.63) is 65.0 Å². The zero-order valence-corrected chi connectivity index (χ0v) is 18.6. The van der Waals surface area contributed by atoms with Crippen LogP contribution in [0.15, 0.2) is 36.8 Å². The van der Waals surface area contributed by atoms with Crippen LogP contribution < -0.4 is 0 Å². The summed E-state index contributed by atoms with van der Waals surface area (Å²) in [5.41, 5.74) is 2.94. The molecule has 10 nitrogen and oxygen atoms in total. The number of pyridine rings is 1. The van der Waals surface area contributed by atoms with Crippen LogP contribution >= 0.6 is 0 Å². The van der Waals surface area contributed by atoms with Crippen LogP contribution in [0, 0.1) is 24.1 Å². The van der Waals surface area contributed by atoms with E-state index in [0.717, 1.165) is 17.8 Å². The maximum atomic E-state index is 13.9. The Morgan fingerprint density at radius 1 is 1.26 bits per heavy atom. The number of nitriles is 1. The maximum Gasteiger partial charge on any atom is 0.228 e. The Balaban J connectivity index is 1.19. The normalized spacial score (nSPS) is 20.6. The van der Waals surface area contributed by atoms with E-state index in [1.807, 2.05) is 17.0 Å². The lowest BCUT2D eigenvalue weighted by molar-refractivity contribution is -0.139. The molecule has 2 aliphatic rings. The topological polar surface area (TPSA) is 113 Å². The van der Waals surface area contributed by atoms with E-state index in [4.69, 9.17) is 4.74 Å². The summed E-state index contributed by atoms with van der Waals surface area (Å²) in [6.07, 6.45) is 3.12. The minimum Gasteiger partial charge on any atom is -0.370 e. The number of benzene rings is 1. The van der Waals surface area contributed by atoms with Crippen LogP contribution in [0.25, 0.3) is 5.69 Å². The fraction of sp³-hybridized carbons (Fsp3) is 0.391. The number of aromatic nitrogens is 5. The lowest BCUT2D eigenvalue weighted by Crippen LogP contribution is -2.59. The molecule has 5 rings (SSSR count). The average Bonchev–Trinajstić information content (AvgIpc) is 3.39. The largest absolute Gasteiger partial charge is 0.370 e. The molecule has 0 saturated carbocycles. The third-order valence-electron chi connectivity index (χ3n) is 6.52. The summed E-state index contributed by atoms with van der Waals surface area (Å²) < 4.78 is 21.5. The number of nitrogens with zero attached hydrogens (tertiary/aromatic N) is 8. The Morgan fingerprint density at radius 3 is 2.88 bits per heavy atom. The first-order valence-electron chi connectivity index (χ1n) is 11.0. The van der Waals surface area contributed by atoms with Crippen LogP contribution in [0.5, 0.6) is 0 Å². The molecule has 1 aromatic carbocycles. The molecule has 3 aromatic rings. The number of carbonyl (C=O) groups excluding carboxylic acids is 1. The van der Waals surface area contributed by atoms with Gasteiger partial charge in [0, 0.05) is 31.9 Å². The van der Waals surface area contributed by atoms with Gasteiger partial charge in [0.05, 0.1) is 42.6 Å². The molecule has 2 aliphatic heterocycles. The average molecular weight is 462 g/mol. The Labute approximate surface area is 195 Å². The van der Waals surface area contributed by atoms with Gasteiger partial charge in [-0.1, -0.05) is 6.07 Å². The fourth-order valence-corrected chi connectivity index (χ4v) is 4.58. The van der Waals surface area contributed by atoms with E-state index in [1.165, 1.54) is 17.1 Å². The predicted molar refractivity (Wildman–Crippen MR) is 117 cm³/mol. The summed E-state index contributed by atoms with van der Waals surface area (Å²) >= 11 is 0. The van der Waals surface area contributed by atoms with Gasteiger partial charge in [-0.3, -0.25) is 14.7 Å². The van der Waals surface area contributed by atoms with Gasteiger partial charge in [-0.25, -0.2) is 4.39 Å². The number of piperazine rings is 1. The van der Waals surface area contributed by atoms with Gasteiger partial charge in [0.25, 0.3) is 0 Å². The number of hydrogen-bond acceptors (Lipinski definition) is 8. The fourth-order valence-electron chi connectivity index (χ4n) is 4.58. The Morgan fingerprint density at radius 2 is 2.15 bits per heavy atom. The Hall–Kier alpha value is -3.75. The summed E-state index contributed by atoms with van der Waals surface area (Å²) in [5, 5.41) is 20.3. The van der Waals surface area contributed by atoms with E-state index in [0.29, 0.717) is 37.5 Å². The number of hydrogen-bond donors (Lipinski definition) is 0. The number of halogens is 1. The molecule has 174 valence electrons. The van der Waals surface area contributed by atoms with Gasteiger partial charge in [-0.2, -0.15) is 9.94 Å². The second-order valence-corrected chi connectivity index (χ2v) is 8.50. The van der Waals surface area contributed by atoms with E-state index < -0.39 is 5.82 Å². The molecule has 2 aromatic heterocycles. The van der Waals surface area contributed by atoms with Gasteiger partial charge in [0.1, 0.15) is 18.2 Å². The minimum atomic E-state index is -0.510. The van der Waals surface area contributed by atoms with Crippen molar-refractivity contribution in [2.75, 3.05) is 32.8 Å². The highest BCUT2D eigenvalue weighted by Crippen LogP contribution is 2.31. The molecule has 0 bridgehead atoms. The molecule has 0 radical (unpaired) electrons. The van der Waals surface area contributed by atoms with E-state index in [2.05, 4.69) is 25.4 Å².